The number of rotatable bonds is 2. The Hall–Kier alpha value is -0.553. The van der Waals surface area contributed by atoms with Crippen molar-refractivity contribution in [1.29, 1.82) is 0 Å². The fourth-order valence-corrected chi connectivity index (χ4v) is 5.50. The van der Waals surface area contributed by atoms with Crippen molar-refractivity contribution >= 4 is 14.2 Å². The van der Waals surface area contributed by atoms with Gasteiger partial charge in [0.1, 0.15) is 5.72 Å². The third kappa shape index (κ3) is 2.74. The molecule has 2 fully saturated rings. The average Bonchev–Trinajstić information content (AvgIpc) is 2.55. The maximum atomic E-state index is 12.0. The van der Waals surface area contributed by atoms with Crippen LogP contribution in [0.3, 0.4) is 0 Å². The van der Waals surface area contributed by atoms with Crippen LogP contribution in [0.2, 0.25) is 25.2 Å². The Morgan fingerprint density at radius 3 is 2.19 bits per heavy atom. The summed E-state index contributed by atoms with van der Waals surface area (Å²) in [6.07, 6.45) is 4.18. The predicted octanol–water partition coefficient (Wildman–Crippen LogP) is 4.53. The van der Waals surface area contributed by atoms with Crippen molar-refractivity contribution in [2.45, 2.75) is 95.4 Å². The van der Waals surface area contributed by atoms with Crippen LogP contribution in [0.15, 0.2) is 0 Å². The Morgan fingerprint density at radius 2 is 1.76 bits per heavy atom. The van der Waals surface area contributed by atoms with Crippen LogP contribution >= 0.6 is 0 Å². The van der Waals surface area contributed by atoms with Crippen LogP contribution in [0, 0.1) is 0 Å². The van der Waals surface area contributed by atoms with Gasteiger partial charge in [-0.05, 0) is 45.1 Å². The first-order valence-corrected chi connectivity index (χ1v) is 11.8. The van der Waals surface area contributed by atoms with Gasteiger partial charge in [0.25, 0.3) is 0 Å². The van der Waals surface area contributed by atoms with Crippen molar-refractivity contribution in [3.05, 3.63) is 0 Å². The van der Waals surface area contributed by atoms with Gasteiger partial charge in [0.15, 0.2) is 0 Å². The summed E-state index contributed by atoms with van der Waals surface area (Å²) < 4.78 is 6.55. The summed E-state index contributed by atoms with van der Waals surface area (Å²) in [5, 5.41) is 9.83. The maximum Gasteiger partial charge on any atom is 0.410 e. The Labute approximate surface area is 129 Å². The van der Waals surface area contributed by atoms with Crippen molar-refractivity contribution in [3.8, 4) is 0 Å². The minimum Gasteiger partial charge on any atom is -0.465 e. The molecule has 1 N–H and O–H groups in total. The second-order valence-corrected chi connectivity index (χ2v) is 14.1. The maximum absolute atomic E-state index is 12.0. The fraction of sp³-hybridized carbons (Fsp3) is 0.938. The van der Waals surface area contributed by atoms with Gasteiger partial charge >= 0.3 is 6.09 Å². The van der Waals surface area contributed by atoms with Crippen LogP contribution in [0.4, 0.5) is 4.79 Å². The van der Waals surface area contributed by atoms with Gasteiger partial charge in [0.2, 0.25) is 0 Å². The quantitative estimate of drug-likeness (QED) is 0.762. The second kappa shape index (κ2) is 5.27. The van der Waals surface area contributed by atoms with Crippen molar-refractivity contribution in [3.63, 3.8) is 0 Å². The van der Waals surface area contributed by atoms with Crippen LogP contribution < -0.4 is 0 Å². The molecule has 1 aliphatic carbocycles. The lowest BCUT2D eigenvalue weighted by atomic mass is 9.88. The molecule has 1 saturated heterocycles. The highest BCUT2D eigenvalue weighted by Gasteiger charge is 2.61. The van der Waals surface area contributed by atoms with E-state index in [2.05, 4.69) is 26.6 Å². The molecule has 0 aromatic carbocycles. The molecule has 1 amide bonds. The number of hydrogen-bond acceptors (Lipinski definition) is 2. The molecule has 0 radical (unpaired) electrons. The lowest BCUT2D eigenvalue weighted by Crippen LogP contribution is -2.57. The van der Waals surface area contributed by atoms with Crippen LogP contribution in [-0.2, 0) is 4.74 Å². The molecule has 21 heavy (non-hydrogen) atoms. The van der Waals surface area contributed by atoms with E-state index >= 15 is 0 Å². The van der Waals surface area contributed by atoms with Gasteiger partial charge < -0.3 is 9.84 Å². The predicted molar refractivity (Wildman–Crippen MR) is 87.4 cm³/mol. The summed E-state index contributed by atoms with van der Waals surface area (Å²) in [4.78, 5) is 13.6. The fourth-order valence-electron chi connectivity index (χ4n) is 4.12. The van der Waals surface area contributed by atoms with E-state index < -0.39 is 25.4 Å². The van der Waals surface area contributed by atoms with E-state index in [0.717, 1.165) is 25.7 Å². The molecule has 5 heteroatoms. The van der Waals surface area contributed by atoms with Gasteiger partial charge in [0.05, 0.1) is 19.7 Å². The highest BCUT2D eigenvalue weighted by molar-refractivity contribution is 6.77. The molecule has 0 aromatic heterocycles. The lowest BCUT2D eigenvalue weighted by molar-refractivity contribution is -0.117. The second-order valence-electron chi connectivity index (χ2n) is 8.47. The van der Waals surface area contributed by atoms with E-state index in [1.807, 2.05) is 13.8 Å². The van der Waals surface area contributed by atoms with Crippen LogP contribution in [0.5, 0.6) is 0 Å². The molecule has 0 bridgehead atoms. The number of carbonyl (C=O) groups is 1. The number of nitrogens with zero attached hydrogens (tertiary/aromatic N) is 1. The van der Waals surface area contributed by atoms with E-state index in [-0.39, 0.29) is 6.10 Å². The lowest BCUT2D eigenvalue weighted by Gasteiger charge is -2.42. The summed E-state index contributed by atoms with van der Waals surface area (Å²) in [6, 6.07) is 0. The molecule has 0 aromatic rings. The Balaban J connectivity index is 2.40. The normalized spacial score (nSPS) is 29.6. The highest BCUT2D eigenvalue weighted by Crippen LogP contribution is 2.51. The highest BCUT2D eigenvalue weighted by atomic mass is 28.3. The zero-order chi connectivity index (χ0) is 16.1. The minimum atomic E-state index is -1.40. The van der Waals surface area contributed by atoms with Crippen LogP contribution in [0.1, 0.15) is 52.9 Å². The summed E-state index contributed by atoms with van der Waals surface area (Å²) in [5.41, 5.74) is -0.606. The number of ether oxygens (including phenoxy) is 1. The summed E-state index contributed by atoms with van der Waals surface area (Å²) >= 11 is 0. The van der Waals surface area contributed by atoms with Gasteiger partial charge in [-0.1, -0.05) is 33.0 Å². The molecule has 122 valence electrons. The topological polar surface area (TPSA) is 49.8 Å². The zero-order valence-electron chi connectivity index (χ0n) is 14.4. The summed E-state index contributed by atoms with van der Waals surface area (Å²) in [5.74, 6) is 0. The van der Waals surface area contributed by atoms with Crippen molar-refractivity contribution in [1.82, 2.24) is 4.90 Å². The third-order valence-electron chi connectivity index (χ3n) is 5.67. The smallest absolute Gasteiger partial charge is 0.410 e. The molecular formula is C16H31NO3Si. The molecule has 1 saturated carbocycles. The average molecular weight is 314 g/mol. The monoisotopic (exact) mass is 313 g/mol. The standard InChI is InChI=1S/C16H31NO3Si/c1-12(21(4,5)6)13-15(2,3)17(14(18)19)16(20-13)10-8-7-9-11-16/h12-13H,7-11H2,1-6H3,(H,18,19). The SMILES string of the molecule is CC(C1OC2(CCCCC2)N(C(=O)O)C1(C)C)[Si](C)(C)C. The minimum absolute atomic E-state index is 0.00151. The van der Waals surface area contributed by atoms with Crippen molar-refractivity contribution in [2.24, 2.45) is 0 Å². The molecule has 1 spiro atoms. The zero-order valence-corrected chi connectivity index (χ0v) is 15.4. The summed E-state index contributed by atoms with van der Waals surface area (Å²) in [6.45, 7) is 13.4. The first-order valence-electron chi connectivity index (χ1n) is 8.23. The van der Waals surface area contributed by atoms with Crippen LogP contribution in [-0.4, -0.2) is 41.5 Å². The molecular weight excluding hydrogens is 282 g/mol. The van der Waals surface area contributed by atoms with E-state index in [1.54, 1.807) is 4.90 Å². The Kier molecular flexibility index (Phi) is 4.22. The molecule has 2 aliphatic rings. The van der Waals surface area contributed by atoms with Gasteiger partial charge in [-0.15, -0.1) is 0 Å². The molecule has 4 nitrogen and oxygen atoms in total. The van der Waals surface area contributed by atoms with E-state index in [9.17, 15) is 9.90 Å². The van der Waals surface area contributed by atoms with E-state index in [1.165, 1.54) is 6.42 Å². The van der Waals surface area contributed by atoms with Gasteiger partial charge in [-0.3, -0.25) is 4.90 Å². The Morgan fingerprint density at radius 1 is 1.24 bits per heavy atom. The van der Waals surface area contributed by atoms with Crippen molar-refractivity contribution < 1.29 is 14.6 Å². The van der Waals surface area contributed by atoms with E-state index in [0.29, 0.717) is 5.54 Å². The molecule has 2 unspecified atom stereocenters. The van der Waals surface area contributed by atoms with Gasteiger partial charge in [0, 0.05) is 0 Å². The largest absolute Gasteiger partial charge is 0.465 e. The first-order chi connectivity index (χ1) is 9.52. The summed E-state index contributed by atoms with van der Waals surface area (Å²) in [7, 11) is -1.40. The Bertz CT molecular complexity index is 410. The first kappa shape index (κ1) is 16.8. The van der Waals surface area contributed by atoms with Crippen LogP contribution in [0.25, 0.3) is 0 Å². The van der Waals surface area contributed by atoms with Gasteiger partial charge in [-0.25, -0.2) is 4.79 Å². The molecule has 1 aliphatic heterocycles. The molecule has 2 atom stereocenters. The third-order valence-corrected chi connectivity index (χ3v) is 8.71. The van der Waals surface area contributed by atoms with Gasteiger partial charge in [-0.2, -0.15) is 0 Å². The number of amides is 1. The number of hydrogen-bond donors (Lipinski definition) is 1. The molecule has 2 rings (SSSR count). The molecule has 1 heterocycles. The van der Waals surface area contributed by atoms with E-state index in [4.69, 9.17) is 4.74 Å². The number of carboxylic acid groups (broad SMARTS) is 1. The van der Waals surface area contributed by atoms with Crippen molar-refractivity contribution in [2.75, 3.05) is 0 Å².